The van der Waals surface area contributed by atoms with Crippen LogP contribution in [0.2, 0.25) is 0 Å². The van der Waals surface area contributed by atoms with Gasteiger partial charge in [0.15, 0.2) is 0 Å². The zero-order valence-corrected chi connectivity index (χ0v) is 9.96. The van der Waals surface area contributed by atoms with Gasteiger partial charge in [0.1, 0.15) is 6.61 Å². The molecule has 0 unspecified atom stereocenters. The maximum atomic E-state index is 11.3. The molecule has 96 valence electrons. The summed E-state index contributed by atoms with van der Waals surface area (Å²) in [6, 6.07) is 0. The Kier molecular flexibility index (Phi) is 8.08. The zero-order chi connectivity index (χ0) is 12.4. The van der Waals surface area contributed by atoms with Gasteiger partial charge < -0.3 is 14.6 Å². The molecule has 0 aliphatic rings. The number of nitrogens with one attached hydrogen (secondary N) is 1. The van der Waals surface area contributed by atoms with Gasteiger partial charge in [-0.05, 0) is 6.42 Å². The molecule has 0 aromatic rings. The van der Waals surface area contributed by atoms with Crippen molar-refractivity contribution >= 4 is 16.0 Å². The van der Waals surface area contributed by atoms with Gasteiger partial charge in [0.25, 0.3) is 0 Å². The van der Waals surface area contributed by atoms with Gasteiger partial charge in [0.05, 0.1) is 12.4 Å². The second-order valence-electron chi connectivity index (χ2n) is 3.01. The van der Waals surface area contributed by atoms with Gasteiger partial charge in [0, 0.05) is 20.3 Å². The minimum absolute atomic E-state index is 0.0141. The van der Waals surface area contributed by atoms with E-state index in [4.69, 9.17) is 9.84 Å². The number of aliphatic carboxylic acids is 1. The van der Waals surface area contributed by atoms with Gasteiger partial charge in [-0.15, -0.1) is 0 Å². The van der Waals surface area contributed by atoms with E-state index in [9.17, 15) is 13.2 Å². The summed E-state index contributed by atoms with van der Waals surface area (Å²) in [7, 11) is -1.81. The van der Waals surface area contributed by atoms with Crippen LogP contribution in [-0.4, -0.2) is 58.7 Å². The summed E-state index contributed by atoms with van der Waals surface area (Å²) in [5.74, 6) is -1.09. The highest BCUT2D eigenvalue weighted by molar-refractivity contribution is 7.89. The van der Waals surface area contributed by atoms with E-state index in [0.29, 0.717) is 13.0 Å². The summed E-state index contributed by atoms with van der Waals surface area (Å²) < 4.78 is 34.2. The summed E-state index contributed by atoms with van der Waals surface area (Å²) in [6.07, 6.45) is 0.418. The van der Waals surface area contributed by atoms with Gasteiger partial charge in [-0.25, -0.2) is 17.9 Å². The first-order chi connectivity index (χ1) is 7.48. The molecule has 0 aromatic carbocycles. The number of carbonyl (C=O) groups is 1. The van der Waals surface area contributed by atoms with Crippen LogP contribution in [0.1, 0.15) is 6.42 Å². The minimum Gasteiger partial charge on any atom is -0.480 e. The lowest BCUT2D eigenvalue weighted by Crippen LogP contribution is -2.30. The zero-order valence-electron chi connectivity index (χ0n) is 9.14. The quantitative estimate of drug-likeness (QED) is 0.488. The SMILES string of the molecule is COCCCS(=O)(=O)NCCOCC(=O)O. The molecule has 0 saturated carbocycles. The average molecular weight is 255 g/mol. The fourth-order valence-corrected chi connectivity index (χ4v) is 1.93. The molecule has 7 nitrogen and oxygen atoms in total. The normalized spacial score (nSPS) is 11.6. The van der Waals surface area contributed by atoms with E-state index in [1.807, 2.05) is 0 Å². The van der Waals surface area contributed by atoms with E-state index in [2.05, 4.69) is 9.46 Å². The Morgan fingerprint density at radius 2 is 2.06 bits per heavy atom. The fourth-order valence-electron chi connectivity index (χ4n) is 0.894. The Morgan fingerprint density at radius 1 is 1.38 bits per heavy atom. The van der Waals surface area contributed by atoms with Crippen molar-refractivity contribution < 1.29 is 27.8 Å². The van der Waals surface area contributed by atoms with E-state index in [1.54, 1.807) is 0 Å². The van der Waals surface area contributed by atoms with Crippen LogP contribution in [0.4, 0.5) is 0 Å². The van der Waals surface area contributed by atoms with Gasteiger partial charge in [-0.2, -0.15) is 0 Å². The van der Waals surface area contributed by atoms with Crippen LogP contribution < -0.4 is 4.72 Å². The smallest absolute Gasteiger partial charge is 0.329 e. The first-order valence-electron chi connectivity index (χ1n) is 4.74. The van der Waals surface area contributed by atoms with E-state index in [0.717, 1.165) is 0 Å². The monoisotopic (exact) mass is 255 g/mol. The van der Waals surface area contributed by atoms with Crippen LogP contribution in [0.25, 0.3) is 0 Å². The highest BCUT2D eigenvalue weighted by Crippen LogP contribution is 1.89. The molecular weight excluding hydrogens is 238 g/mol. The Morgan fingerprint density at radius 3 is 2.62 bits per heavy atom. The van der Waals surface area contributed by atoms with Gasteiger partial charge in [-0.1, -0.05) is 0 Å². The highest BCUT2D eigenvalue weighted by atomic mass is 32.2. The summed E-state index contributed by atoms with van der Waals surface area (Å²) in [6.45, 7) is 0.0697. The summed E-state index contributed by atoms with van der Waals surface area (Å²) in [5.41, 5.74) is 0. The second-order valence-corrected chi connectivity index (χ2v) is 4.93. The highest BCUT2D eigenvalue weighted by Gasteiger charge is 2.08. The van der Waals surface area contributed by atoms with E-state index in [1.165, 1.54) is 7.11 Å². The average Bonchev–Trinajstić information content (AvgIpc) is 2.16. The van der Waals surface area contributed by atoms with Crippen molar-refractivity contribution in [2.45, 2.75) is 6.42 Å². The largest absolute Gasteiger partial charge is 0.480 e. The van der Waals surface area contributed by atoms with Gasteiger partial charge >= 0.3 is 5.97 Å². The fraction of sp³-hybridized carbons (Fsp3) is 0.875. The molecule has 16 heavy (non-hydrogen) atoms. The van der Waals surface area contributed by atoms with Crippen LogP contribution in [0, 0.1) is 0 Å². The second kappa shape index (κ2) is 8.45. The summed E-state index contributed by atoms with van der Waals surface area (Å²) >= 11 is 0. The first-order valence-corrected chi connectivity index (χ1v) is 6.39. The maximum absolute atomic E-state index is 11.3. The maximum Gasteiger partial charge on any atom is 0.329 e. The predicted molar refractivity (Wildman–Crippen MR) is 56.7 cm³/mol. The number of rotatable bonds is 10. The molecule has 0 bridgehead atoms. The summed E-state index contributed by atoms with van der Waals surface area (Å²) in [5, 5.41) is 8.24. The topological polar surface area (TPSA) is 102 Å². The van der Waals surface area contributed by atoms with E-state index >= 15 is 0 Å². The number of methoxy groups -OCH3 is 1. The molecule has 0 radical (unpaired) electrons. The Bertz CT molecular complexity index is 289. The molecule has 8 heteroatoms. The van der Waals surface area contributed by atoms with Crippen molar-refractivity contribution in [3.63, 3.8) is 0 Å². The minimum atomic E-state index is -3.31. The molecule has 2 N–H and O–H groups in total. The van der Waals surface area contributed by atoms with Crippen molar-refractivity contribution in [2.75, 3.05) is 39.2 Å². The lowest BCUT2D eigenvalue weighted by Gasteiger charge is -2.06. The van der Waals surface area contributed by atoms with Crippen LogP contribution >= 0.6 is 0 Å². The summed E-state index contributed by atoms with van der Waals surface area (Å²) in [4.78, 5) is 10.1. The van der Waals surface area contributed by atoms with Gasteiger partial charge in [-0.3, -0.25) is 0 Å². The lowest BCUT2D eigenvalue weighted by atomic mass is 10.5. The number of carboxylic acids is 1. The molecule has 0 spiro atoms. The third-order valence-electron chi connectivity index (χ3n) is 1.56. The van der Waals surface area contributed by atoms with Crippen molar-refractivity contribution in [2.24, 2.45) is 0 Å². The molecule has 0 fully saturated rings. The van der Waals surface area contributed by atoms with Crippen molar-refractivity contribution in [1.82, 2.24) is 4.72 Å². The Balaban J connectivity index is 3.54. The first kappa shape index (κ1) is 15.3. The molecular formula is C8H17NO6S. The number of carboxylic acid groups (broad SMARTS) is 1. The van der Waals surface area contributed by atoms with Gasteiger partial charge in [0.2, 0.25) is 10.0 Å². The number of hydrogen-bond donors (Lipinski definition) is 2. The molecule has 0 saturated heterocycles. The standard InChI is InChI=1S/C8H17NO6S/c1-14-4-2-6-16(12,13)9-3-5-15-7-8(10)11/h9H,2-7H2,1H3,(H,10,11). The van der Waals surface area contributed by atoms with Crippen molar-refractivity contribution in [3.05, 3.63) is 0 Å². The number of sulfonamides is 1. The van der Waals surface area contributed by atoms with E-state index in [-0.39, 0.29) is 18.9 Å². The molecule has 0 aliphatic heterocycles. The van der Waals surface area contributed by atoms with E-state index < -0.39 is 22.6 Å². The van der Waals surface area contributed by atoms with Crippen molar-refractivity contribution in [1.29, 1.82) is 0 Å². The molecule has 0 heterocycles. The molecule has 0 rings (SSSR count). The van der Waals surface area contributed by atoms with Crippen LogP contribution in [-0.2, 0) is 24.3 Å². The molecule has 0 amide bonds. The number of ether oxygens (including phenoxy) is 2. The van der Waals surface area contributed by atoms with Crippen LogP contribution in [0.5, 0.6) is 0 Å². The Hall–Kier alpha value is -0.700. The lowest BCUT2D eigenvalue weighted by molar-refractivity contribution is -0.142. The molecule has 0 aromatic heterocycles. The third kappa shape index (κ3) is 9.84. The Labute approximate surface area is 94.8 Å². The third-order valence-corrected chi connectivity index (χ3v) is 3.03. The van der Waals surface area contributed by atoms with Crippen molar-refractivity contribution in [3.8, 4) is 0 Å². The predicted octanol–water partition coefficient (Wildman–Crippen LogP) is -0.956. The van der Waals surface area contributed by atoms with Crippen LogP contribution in [0.3, 0.4) is 0 Å². The molecule has 0 aliphatic carbocycles. The number of hydrogen-bond acceptors (Lipinski definition) is 5. The molecule has 0 atom stereocenters. The van der Waals surface area contributed by atoms with Crippen LogP contribution in [0.15, 0.2) is 0 Å².